The predicted molar refractivity (Wildman–Crippen MR) is 111 cm³/mol. The van der Waals surface area contributed by atoms with Crippen LogP contribution in [0.5, 0.6) is 0 Å². The number of nitrogens with one attached hydrogen (secondary N) is 2. The Morgan fingerprint density at radius 1 is 1.07 bits per heavy atom. The maximum atomic E-state index is 12.7. The van der Waals surface area contributed by atoms with Gasteiger partial charge in [0.25, 0.3) is 15.9 Å². The fraction of sp³-hybridized carbons (Fsp3) is 0.333. The van der Waals surface area contributed by atoms with Gasteiger partial charge in [-0.3, -0.25) is 9.52 Å². The van der Waals surface area contributed by atoms with Crippen molar-refractivity contribution >= 4 is 27.6 Å². The highest BCUT2D eigenvalue weighted by Crippen LogP contribution is 2.18. The van der Waals surface area contributed by atoms with Crippen LogP contribution in [0.3, 0.4) is 0 Å². The van der Waals surface area contributed by atoms with E-state index < -0.39 is 27.9 Å². The Kier molecular flexibility index (Phi) is 7.39. The third-order valence-corrected chi connectivity index (χ3v) is 5.59. The Morgan fingerprint density at radius 3 is 2.31 bits per heavy atom. The standard InChI is InChI=1S/C21H26N2O5S/c1-14(2)12-19(21(25)28-4)22-20(24)16-6-5-7-18(13-16)29(26,27)23-17-10-8-15(3)9-11-17/h5-11,13-14,19,23H,12H2,1-4H3,(H,22,24). The van der Waals surface area contributed by atoms with E-state index in [2.05, 4.69) is 10.0 Å². The lowest BCUT2D eigenvalue weighted by molar-refractivity contribution is -0.143. The van der Waals surface area contributed by atoms with Gasteiger partial charge in [0.1, 0.15) is 6.04 Å². The van der Waals surface area contributed by atoms with Gasteiger partial charge in [-0.1, -0.05) is 37.6 Å². The lowest BCUT2D eigenvalue weighted by Crippen LogP contribution is -2.42. The van der Waals surface area contributed by atoms with E-state index in [-0.39, 0.29) is 16.4 Å². The van der Waals surface area contributed by atoms with Crippen molar-refractivity contribution in [3.05, 3.63) is 59.7 Å². The quantitative estimate of drug-likeness (QED) is 0.642. The van der Waals surface area contributed by atoms with E-state index in [0.29, 0.717) is 12.1 Å². The highest BCUT2D eigenvalue weighted by Gasteiger charge is 2.24. The van der Waals surface area contributed by atoms with Gasteiger partial charge in [0.2, 0.25) is 0 Å². The van der Waals surface area contributed by atoms with Crippen molar-refractivity contribution < 1.29 is 22.7 Å². The Hall–Kier alpha value is -2.87. The van der Waals surface area contributed by atoms with Crippen LogP contribution in [-0.2, 0) is 19.6 Å². The van der Waals surface area contributed by atoms with Crippen molar-refractivity contribution in [1.82, 2.24) is 5.32 Å². The number of carbonyl (C=O) groups excluding carboxylic acids is 2. The molecule has 8 heteroatoms. The van der Waals surface area contributed by atoms with Crippen LogP contribution in [-0.4, -0.2) is 33.4 Å². The average molecular weight is 419 g/mol. The van der Waals surface area contributed by atoms with Crippen LogP contribution in [0.2, 0.25) is 0 Å². The van der Waals surface area contributed by atoms with Crippen LogP contribution in [0.25, 0.3) is 0 Å². The van der Waals surface area contributed by atoms with Crippen molar-refractivity contribution in [2.24, 2.45) is 5.92 Å². The molecule has 2 rings (SSSR count). The summed E-state index contributed by atoms with van der Waals surface area (Å²) >= 11 is 0. The number of methoxy groups -OCH3 is 1. The summed E-state index contributed by atoms with van der Waals surface area (Å²) in [7, 11) is -2.62. The molecule has 0 saturated carbocycles. The summed E-state index contributed by atoms with van der Waals surface area (Å²) in [4.78, 5) is 24.5. The molecule has 0 aliphatic heterocycles. The molecule has 0 aliphatic carbocycles. The maximum Gasteiger partial charge on any atom is 0.328 e. The Bertz CT molecular complexity index is 969. The fourth-order valence-corrected chi connectivity index (χ4v) is 3.81. The number of sulfonamides is 1. The van der Waals surface area contributed by atoms with E-state index in [1.165, 1.54) is 31.4 Å². The summed E-state index contributed by atoms with van der Waals surface area (Å²) in [5, 5.41) is 2.62. The van der Waals surface area contributed by atoms with Gasteiger partial charge in [-0.25, -0.2) is 13.2 Å². The number of ether oxygens (including phenoxy) is 1. The number of hydrogen-bond acceptors (Lipinski definition) is 5. The summed E-state index contributed by atoms with van der Waals surface area (Å²) in [6.45, 7) is 5.75. The zero-order valence-electron chi connectivity index (χ0n) is 16.9. The zero-order valence-corrected chi connectivity index (χ0v) is 17.7. The van der Waals surface area contributed by atoms with Gasteiger partial charge in [-0.2, -0.15) is 0 Å². The molecule has 2 aromatic carbocycles. The van der Waals surface area contributed by atoms with Gasteiger partial charge in [-0.15, -0.1) is 0 Å². The summed E-state index contributed by atoms with van der Waals surface area (Å²) in [5.74, 6) is -0.935. The first-order valence-electron chi connectivity index (χ1n) is 9.20. The number of hydrogen-bond donors (Lipinski definition) is 2. The molecule has 0 spiro atoms. The van der Waals surface area contributed by atoms with E-state index in [9.17, 15) is 18.0 Å². The summed E-state index contributed by atoms with van der Waals surface area (Å²) < 4.78 is 32.6. The number of benzene rings is 2. The molecule has 0 aliphatic rings. The van der Waals surface area contributed by atoms with Gasteiger partial charge < -0.3 is 10.1 Å². The molecule has 0 heterocycles. The molecule has 0 aromatic heterocycles. The second kappa shape index (κ2) is 9.56. The Morgan fingerprint density at radius 2 is 1.72 bits per heavy atom. The molecular formula is C21H26N2O5S. The minimum absolute atomic E-state index is 0.0517. The molecule has 2 aromatic rings. The first-order valence-corrected chi connectivity index (χ1v) is 10.7. The normalized spacial score (nSPS) is 12.3. The Balaban J connectivity index is 2.21. The van der Waals surface area contributed by atoms with Gasteiger partial charge in [0, 0.05) is 11.3 Å². The number of aryl methyl sites for hydroxylation is 1. The van der Waals surface area contributed by atoms with E-state index in [4.69, 9.17) is 4.74 Å². The van der Waals surface area contributed by atoms with E-state index in [0.717, 1.165) is 5.56 Å². The molecular weight excluding hydrogens is 392 g/mol. The number of carbonyl (C=O) groups is 2. The molecule has 29 heavy (non-hydrogen) atoms. The largest absolute Gasteiger partial charge is 0.467 e. The first-order chi connectivity index (χ1) is 13.6. The molecule has 0 saturated heterocycles. The molecule has 7 nitrogen and oxygen atoms in total. The predicted octanol–water partition coefficient (Wildman–Crippen LogP) is 3.11. The SMILES string of the molecule is COC(=O)C(CC(C)C)NC(=O)c1cccc(S(=O)(=O)Nc2ccc(C)cc2)c1. The fourth-order valence-electron chi connectivity index (χ4n) is 2.71. The monoisotopic (exact) mass is 418 g/mol. The smallest absolute Gasteiger partial charge is 0.328 e. The highest BCUT2D eigenvalue weighted by atomic mass is 32.2. The van der Waals surface area contributed by atoms with Crippen molar-refractivity contribution in [2.75, 3.05) is 11.8 Å². The van der Waals surface area contributed by atoms with Crippen molar-refractivity contribution in [3.63, 3.8) is 0 Å². The summed E-state index contributed by atoms with van der Waals surface area (Å²) in [5.41, 5.74) is 1.57. The lowest BCUT2D eigenvalue weighted by Gasteiger charge is -2.18. The molecule has 156 valence electrons. The van der Waals surface area contributed by atoms with Crippen LogP contribution < -0.4 is 10.0 Å². The van der Waals surface area contributed by atoms with Crippen LogP contribution in [0, 0.1) is 12.8 Å². The second-order valence-corrected chi connectivity index (χ2v) is 8.86. The molecule has 1 atom stereocenters. The third kappa shape index (κ3) is 6.32. The molecule has 0 bridgehead atoms. The molecule has 0 fully saturated rings. The van der Waals surface area contributed by atoms with Crippen LogP contribution >= 0.6 is 0 Å². The lowest BCUT2D eigenvalue weighted by atomic mass is 10.0. The minimum Gasteiger partial charge on any atom is -0.467 e. The number of esters is 1. The van der Waals surface area contributed by atoms with E-state index in [1.807, 2.05) is 20.8 Å². The Labute approximate surface area is 171 Å². The van der Waals surface area contributed by atoms with Gasteiger partial charge in [0.15, 0.2) is 0 Å². The number of anilines is 1. The topological polar surface area (TPSA) is 102 Å². The highest BCUT2D eigenvalue weighted by molar-refractivity contribution is 7.92. The molecule has 1 unspecified atom stereocenters. The first kappa shape index (κ1) is 22.4. The molecule has 1 amide bonds. The van der Waals surface area contributed by atoms with Crippen LogP contribution in [0.1, 0.15) is 36.2 Å². The number of rotatable bonds is 8. The zero-order chi connectivity index (χ0) is 21.6. The van der Waals surface area contributed by atoms with Gasteiger partial charge >= 0.3 is 5.97 Å². The summed E-state index contributed by atoms with van der Waals surface area (Å²) in [6.07, 6.45) is 0.408. The molecule has 0 radical (unpaired) electrons. The van der Waals surface area contributed by atoms with Crippen molar-refractivity contribution in [2.45, 2.75) is 38.1 Å². The second-order valence-electron chi connectivity index (χ2n) is 7.18. The van der Waals surface area contributed by atoms with Crippen LogP contribution in [0.15, 0.2) is 53.4 Å². The minimum atomic E-state index is -3.87. The summed E-state index contributed by atoms with van der Waals surface area (Å²) in [6, 6.07) is 11.8. The van der Waals surface area contributed by atoms with E-state index >= 15 is 0 Å². The van der Waals surface area contributed by atoms with Gasteiger partial charge in [-0.05, 0) is 49.6 Å². The third-order valence-electron chi connectivity index (χ3n) is 4.21. The van der Waals surface area contributed by atoms with E-state index in [1.54, 1.807) is 24.3 Å². The van der Waals surface area contributed by atoms with Gasteiger partial charge in [0.05, 0.1) is 12.0 Å². The van der Waals surface area contributed by atoms with Crippen molar-refractivity contribution in [1.29, 1.82) is 0 Å². The molecule has 2 N–H and O–H groups in total. The van der Waals surface area contributed by atoms with Crippen molar-refractivity contribution in [3.8, 4) is 0 Å². The number of amides is 1. The van der Waals surface area contributed by atoms with Crippen LogP contribution in [0.4, 0.5) is 5.69 Å². The average Bonchev–Trinajstić information content (AvgIpc) is 2.68. The maximum absolute atomic E-state index is 12.7.